The molecule has 2 aliphatic rings. The molecule has 6 nitrogen and oxygen atoms in total. The number of nitrogens with two attached hydrogens (primary N) is 1. The molecule has 0 saturated heterocycles. The standard InChI is InChI=1S/C19H25N5O.2ClH/c20-15-5-3-4-14(12-15)19(25)21-16-9-7-13(8-10-16)18-23-22-17-6-1-2-11-24(17)18;;/h7-10,14-15H,1-6,11-12,20H2,(H,21,25);2*1H. The summed E-state index contributed by atoms with van der Waals surface area (Å²) in [4.78, 5) is 12.4. The predicted octanol–water partition coefficient (Wildman–Crippen LogP) is 3.58. The van der Waals surface area contributed by atoms with Gasteiger partial charge in [0, 0.05) is 36.2 Å². The minimum Gasteiger partial charge on any atom is -0.328 e. The molecule has 8 heteroatoms. The lowest BCUT2D eigenvalue weighted by atomic mass is 9.85. The van der Waals surface area contributed by atoms with E-state index in [0.717, 1.165) is 61.5 Å². The number of carbonyl (C=O) groups excluding carboxylic acids is 1. The van der Waals surface area contributed by atoms with Crippen molar-refractivity contribution < 1.29 is 4.79 Å². The molecular formula is C19H27Cl2N5O. The fourth-order valence-electron chi connectivity index (χ4n) is 3.93. The SMILES string of the molecule is Cl.Cl.NC1CCCC(C(=O)Nc2ccc(-c3nnc4n3CCCC4)cc2)C1. The largest absolute Gasteiger partial charge is 0.328 e. The van der Waals surface area contributed by atoms with Crippen LogP contribution in [0, 0.1) is 5.92 Å². The van der Waals surface area contributed by atoms with Gasteiger partial charge >= 0.3 is 0 Å². The lowest BCUT2D eigenvalue weighted by molar-refractivity contribution is -0.120. The Morgan fingerprint density at radius 3 is 2.59 bits per heavy atom. The quantitative estimate of drug-likeness (QED) is 0.807. The summed E-state index contributed by atoms with van der Waals surface area (Å²) >= 11 is 0. The van der Waals surface area contributed by atoms with Crippen molar-refractivity contribution in [1.29, 1.82) is 0 Å². The maximum absolute atomic E-state index is 12.4. The molecule has 2 aromatic rings. The lowest BCUT2D eigenvalue weighted by Gasteiger charge is -2.25. The first kappa shape index (κ1) is 21.7. The van der Waals surface area contributed by atoms with Gasteiger partial charge < -0.3 is 15.6 Å². The van der Waals surface area contributed by atoms with Gasteiger partial charge in [-0.15, -0.1) is 35.0 Å². The smallest absolute Gasteiger partial charge is 0.227 e. The summed E-state index contributed by atoms with van der Waals surface area (Å²) in [6.45, 7) is 0.984. The van der Waals surface area contributed by atoms with Crippen LogP contribution in [0.25, 0.3) is 11.4 Å². The summed E-state index contributed by atoms with van der Waals surface area (Å²) < 4.78 is 2.21. The molecule has 0 spiro atoms. The van der Waals surface area contributed by atoms with Gasteiger partial charge in [-0.2, -0.15) is 0 Å². The zero-order valence-corrected chi connectivity index (χ0v) is 16.9. The highest BCUT2D eigenvalue weighted by atomic mass is 35.5. The Bertz CT molecular complexity index is 762. The minimum atomic E-state index is 0. The van der Waals surface area contributed by atoms with E-state index in [1.165, 1.54) is 12.8 Å². The van der Waals surface area contributed by atoms with Crippen LogP contribution >= 0.6 is 24.8 Å². The van der Waals surface area contributed by atoms with Crippen LogP contribution in [0.2, 0.25) is 0 Å². The van der Waals surface area contributed by atoms with Crippen molar-refractivity contribution in [2.45, 2.75) is 57.5 Å². The molecule has 2 unspecified atom stereocenters. The van der Waals surface area contributed by atoms with E-state index in [2.05, 4.69) is 20.1 Å². The van der Waals surface area contributed by atoms with Crippen LogP contribution < -0.4 is 11.1 Å². The molecule has 1 aromatic heterocycles. The number of anilines is 1. The van der Waals surface area contributed by atoms with Crippen molar-refractivity contribution in [3.63, 3.8) is 0 Å². The summed E-state index contributed by atoms with van der Waals surface area (Å²) in [6, 6.07) is 8.06. The number of rotatable bonds is 3. The van der Waals surface area contributed by atoms with Crippen molar-refractivity contribution in [2.24, 2.45) is 11.7 Å². The van der Waals surface area contributed by atoms with Gasteiger partial charge in [-0.1, -0.05) is 6.42 Å². The Hall–Kier alpha value is -1.63. The van der Waals surface area contributed by atoms with E-state index in [1.807, 2.05) is 24.3 Å². The van der Waals surface area contributed by atoms with Crippen molar-refractivity contribution in [3.05, 3.63) is 30.1 Å². The van der Waals surface area contributed by atoms with Gasteiger partial charge in [-0.3, -0.25) is 4.79 Å². The van der Waals surface area contributed by atoms with Crippen LogP contribution in [0.5, 0.6) is 0 Å². The van der Waals surface area contributed by atoms with Crippen LogP contribution in [0.1, 0.15) is 44.3 Å². The Morgan fingerprint density at radius 2 is 1.85 bits per heavy atom. The average Bonchev–Trinajstić information content (AvgIpc) is 3.06. The number of hydrogen-bond acceptors (Lipinski definition) is 4. The summed E-state index contributed by atoms with van der Waals surface area (Å²) in [7, 11) is 0. The zero-order valence-electron chi connectivity index (χ0n) is 15.3. The van der Waals surface area contributed by atoms with Crippen LogP contribution in [0.3, 0.4) is 0 Å². The average molecular weight is 412 g/mol. The van der Waals surface area contributed by atoms with Gasteiger partial charge in [0.25, 0.3) is 0 Å². The number of carbonyl (C=O) groups is 1. The molecule has 4 rings (SSSR count). The number of halogens is 2. The molecule has 1 aliphatic heterocycles. The second kappa shape index (κ2) is 9.53. The highest BCUT2D eigenvalue weighted by molar-refractivity contribution is 5.92. The molecule has 1 aromatic carbocycles. The number of fused-ring (bicyclic) bond motifs is 1. The van der Waals surface area contributed by atoms with Crippen molar-refractivity contribution >= 4 is 36.4 Å². The molecular weight excluding hydrogens is 385 g/mol. The van der Waals surface area contributed by atoms with Crippen LogP contribution in [0.4, 0.5) is 5.69 Å². The highest BCUT2D eigenvalue weighted by Gasteiger charge is 2.25. The second-order valence-electron chi connectivity index (χ2n) is 7.24. The van der Waals surface area contributed by atoms with Gasteiger partial charge in [0.1, 0.15) is 5.82 Å². The molecule has 2 atom stereocenters. The first-order valence-electron chi connectivity index (χ1n) is 9.29. The van der Waals surface area contributed by atoms with E-state index >= 15 is 0 Å². The molecule has 1 aliphatic carbocycles. The fraction of sp³-hybridized carbons (Fsp3) is 0.526. The Balaban J connectivity index is 0.00000131. The fourth-order valence-corrected chi connectivity index (χ4v) is 3.93. The summed E-state index contributed by atoms with van der Waals surface area (Å²) in [5.74, 6) is 2.12. The summed E-state index contributed by atoms with van der Waals surface area (Å²) in [6.07, 6.45) is 7.16. The molecule has 1 amide bonds. The first-order valence-corrected chi connectivity index (χ1v) is 9.29. The van der Waals surface area contributed by atoms with E-state index in [0.29, 0.717) is 0 Å². The Labute approximate surface area is 172 Å². The van der Waals surface area contributed by atoms with Crippen LogP contribution in [-0.4, -0.2) is 26.7 Å². The maximum atomic E-state index is 12.4. The maximum Gasteiger partial charge on any atom is 0.227 e. The molecule has 3 N–H and O–H groups in total. The number of hydrogen-bond donors (Lipinski definition) is 2. The van der Waals surface area contributed by atoms with Gasteiger partial charge in [-0.25, -0.2) is 0 Å². The van der Waals surface area contributed by atoms with Gasteiger partial charge in [-0.05, 0) is 56.4 Å². The molecule has 1 saturated carbocycles. The third-order valence-electron chi connectivity index (χ3n) is 5.36. The predicted molar refractivity (Wildman–Crippen MR) is 111 cm³/mol. The zero-order chi connectivity index (χ0) is 17.2. The first-order chi connectivity index (χ1) is 12.2. The number of benzene rings is 1. The Morgan fingerprint density at radius 1 is 1.07 bits per heavy atom. The molecule has 0 radical (unpaired) electrons. The van der Waals surface area contributed by atoms with E-state index < -0.39 is 0 Å². The van der Waals surface area contributed by atoms with Crippen molar-refractivity contribution in [2.75, 3.05) is 5.32 Å². The van der Waals surface area contributed by atoms with Crippen molar-refractivity contribution in [1.82, 2.24) is 14.8 Å². The molecule has 27 heavy (non-hydrogen) atoms. The molecule has 0 bridgehead atoms. The van der Waals surface area contributed by atoms with Gasteiger partial charge in [0.2, 0.25) is 5.91 Å². The number of nitrogens with one attached hydrogen (secondary N) is 1. The van der Waals surface area contributed by atoms with E-state index in [-0.39, 0.29) is 42.7 Å². The van der Waals surface area contributed by atoms with E-state index in [1.54, 1.807) is 0 Å². The number of nitrogens with zero attached hydrogens (tertiary/aromatic N) is 3. The molecule has 1 fully saturated rings. The van der Waals surface area contributed by atoms with Crippen molar-refractivity contribution in [3.8, 4) is 11.4 Å². The summed E-state index contributed by atoms with van der Waals surface area (Å²) in [5.41, 5.74) is 7.86. The van der Waals surface area contributed by atoms with Gasteiger partial charge in [0.15, 0.2) is 5.82 Å². The number of aromatic nitrogens is 3. The molecule has 2 heterocycles. The monoisotopic (exact) mass is 411 g/mol. The Kier molecular flexibility index (Phi) is 7.65. The number of amides is 1. The topological polar surface area (TPSA) is 85.8 Å². The third-order valence-corrected chi connectivity index (χ3v) is 5.36. The van der Waals surface area contributed by atoms with Gasteiger partial charge in [0.05, 0.1) is 0 Å². The van der Waals surface area contributed by atoms with E-state index in [4.69, 9.17) is 5.73 Å². The molecule has 148 valence electrons. The summed E-state index contributed by atoms with van der Waals surface area (Å²) in [5, 5.41) is 11.7. The highest BCUT2D eigenvalue weighted by Crippen LogP contribution is 2.26. The van der Waals surface area contributed by atoms with Crippen LogP contribution in [0.15, 0.2) is 24.3 Å². The minimum absolute atomic E-state index is 0. The van der Waals surface area contributed by atoms with Crippen LogP contribution in [-0.2, 0) is 17.8 Å². The van der Waals surface area contributed by atoms with E-state index in [9.17, 15) is 4.79 Å². The third kappa shape index (κ3) is 4.81. The normalized spacial score (nSPS) is 21.4. The lowest BCUT2D eigenvalue weighted by Crippen LogP contribution is -2.34. The number of aryl methyl sites for hydroxylation is 1. The second-order valence-corrected chi connectivity index (χ2v) is 7.24.